The van der Waals surface area contributed by atoms with E-state index in [4.69, 9.17) is 5.73 Å². The van der Waals surface area contributed by atoms with Gasteiger partial charge in [0, 0.05) is 12.6 Å². The molecule has 0 rings (SSSR count). The summed E-state index contributed by atoms with van der Waals surface area (Å²) in [5, 5.41) is 5.75. The van der Waals surface area contributed by atoms with Crippen LogP contribution in [0, 0.1) is 5.92 Å². The van der Waals surface area contributed by atoms with Crippen LogP contribution in [0.4, 0.5) is 0 Å². The molecule has 1 amide bonds. The molecule has 0 fully saturated rings. The lowest BCUT2D eigenvalue weighted by molar-refractivity contribution is -0.122. The van der Waals surface area contributed by atoms with Crippen LogP contribution in [0.1, 0.15) is 34.6 Å². The molecule has 1 unspecified atom stereocenters. The van der Waals surface area contributed by atoms with Crippen LogP contribution in [0.5, 0.6) is 0 Å². The first-order valence-electron chi connectivity index (χ1n) is 5.70. The van der Waals surface area contributed by atoms with Gasteiger partial charge in [0.15, 0.2) is 5.96 Å². The molecule has 94 valence electrons. The molecular weight excluding hydrogens is 204 g/mol. The van der Waals surface area contributed by atoms with Crippen molar-refractivity contribution in [3.8, 4) is 0 Å². The van der Waals surface area contributed by atoms with Gasteiger partial charge in [0.25, 0.3) is 0 Å². The molecule has 0 saturated heterocycles. The summed E-state index contributed by atoms with van der Waals surface area (Å²) < 4.78 is 0. The Morgan fingerprint density at radius 1 is 1.25 bits per heavy atom. The summed E-state index contributed by atoms with van der Waals surface area (Å²) in [4.78, 5) is 15.6. The molecule has 0 aliphatic rings. The van der Waals surface area contributed by atoms with Gasteiger partial charge in [0.1, 0.15) is 6.04 Å². The summed E-state index contributed by atoms with van der Waals surface area (Å²) in [6.07, 6.45) is 0. The fourth-order valence-corrected chi connectivity index (χ4v) is 1.05. The van der Waals surface area contributed by atoms with Gasteiger partial charge in [-0.05, 0) is 26.7 Å². The summed E-state index contributed by atoms with van der Waals surface area (Å²) in [5.74, 6) is 0.649. The molecular formula is C11H24N4O. The van der Waals surface area contributed by atoms with Gasteiger partial charge in [-0.3, -0.25) is 4.79 Å². The number of hydrogen-bond donors (Lipinski definition) is 3. The summed E-state index contributed by atoms with van der Waals surface area (Å²) in [7, 11) is 0. The standard InChI is InChI=1S/C11H24N4O/c1-7(2)6-13-10(16)9(5)15-11(12)14-8(3)4/h7-9H,6H2,1-5H3,(H,13,16)(H3,12,14,15). The normalized spacial score (nSPS) is 14.1. The van der Waals surface area contributed by atoms with E-state index in [9.17, 15) is 4.79 Å². The first-order chi connectivity index (χ1) is 7.32. The lowest BCUT2D eigenvalue weighted by atomic mass is 10.2. The van der Waals surface area contributed by atoms with E-state index in [0.717, 1.165) is 0 Å². The molecule has 1 atom stereocenters. The summed E-state index contributed by atoms with van der Waals surface area (Å²) in [5.41, 5.74) is 5.63. The third-order valence-electron chi connectivity index (χ3n) is 1.83. The van der Waals surface area contributed by atoms with Crippen LogP contribution < -0.4 is 16.4 Å². The molecule has 0 aromatic heterocycles. The summed E-state index contributed by atoms with van der Waals surface area (Å²) in [6.45, 7) is 10.4. The number of hydrogen-bond acceptors (Lipinski definition) is 2. The fraction of sp³-hybridized carbons (Fsp3) is 0.818. The number of nitrogens with two attached hydrogens (primary N) is 1. The Bertz CT molecular complexity index is 248. The molecule has 0 radical (unpaired) electrons. The Hall–Kier alpha value is -1.26. The van der Waals surface area contributed by atoms with Crippen LogP contribution in [0.25, 0.3) is 0 Å². The highest BCUT2D eigenvalue weighted by molar-refractivity contribution is 5.86. The van der Waals surface area contributed by atoms with Crippen molar-refractivity contribution in [1.29, 1.82) is 0 Å². The van der Waals surface area contributed by atoms with Crippen molar-refractivity contribution < 1.29 is 4.79 Å². The minimum absolute atomic E-state index is 0.0952. The van der Waals surface area contributed by atoms with Gasteiger partial charge in [-0.25, -0.2) is 4.99 Å². The Labute approximate surface area is 97.9 Å². The van der Waals surface area contributed by atoms with Gasteiger partial charge in [-0.15, -0.1) is 0 Å². The lowest BCUT2D eigenvalue weighted by Crippen LogP contribution is -2.40. The molecule has 0 aromatic carbocycles. The number of nitrogens with zero attached hydrogens (tertiary/aromatic N) is 1. The number of carbonyl (C=O) groups is 1. The van der Waals surface area contributed by atoms with Crippen LogP contribution >= 0.6 is 0 Å². The summed E-state index contributed by atoms with van der Waals surface area (Å²) >= 11 is 0. The highest BCUT2D eigenvalue weighted by Gasteiger charge is 2.11. The second-order valence-corrected chi connectivity index (χ2v) is 4.63. The monoisotopic (exact) mass is 228 g/mol. The van der Waals surface area contributed by atoms with Crippen molar-refractivity contribution >= 4 is 11.9 Å². The van der Waals surface area contributed by atoms with E-state index < -0.39 is 6.04 Å². The Balaban J connectivity index is 4.12. The summed E-state index contributed by atoms with van der Waals surface area (Å²) in [6, 6.07) is -0.236. The van der Waals surface area contributed by atoms with Crippen LogP contribution in [-0.2, 0) is 4.79 Å². The van der Waals surface area contributed by atoms with Crippen molar-refractivity contribution in [1.82, 2.24) is 10.6 Å². The van der Waals surface area contributed by atoms with Crippen LogP contribution in [0.15, 0.2) is 4.99 Å². The molecule has 4 N–H and O–H groups in total. The minimum Gasteiger partial charge on any atom is -0.370 e. The molecule has 0 aromatic rings. The first kappa shape index (κ1) is 14.7. The average Bonchev–Trinajstić information content (AvgIpc) is 2.12. The van der Waals surface area contributed by atoms with E-state index >= 15 is 0 Å². The zero-order valence-corrected chi connectivity index (χ0v) is 10.9. The smallest absolute Gasteiger partial charge is 0.244 e. The number of aliphatic imine (C=N–C) groups is 1. The van der Waals surface area contributed by atoms with Gasteiger partial charge in [-0.2, -0.15) is 0 Å². The molecule has 16 heavy (non-hydrogen) atoms. The Morgan fingerprint density at radius 2 is 1.81 bits per heavy atom. The van der Waals surface area contributed by atoms with Gasteiger partial charge in [0.2, 0.25) is 5.91 Å². The van der Waals surface area contributed by atoms with Gasteiger partial charge in [0.05, 0.1) is 0 Å². The number of nitrogens with one attached hydrogen (secondary N) is 2. The number of guanidine groups is 1. The average molecular weight is 228 g/mol. The van der Waals surface area contributed by atoms with Gasteiger partial charge >= 0.3 is 0 Å². The predicted molar refractivity (Wildman–Crippen MR) is 67.2 cm³/mol. The van der Waals surface area contributed by atoms with Crippen LogP contribution in [0.2, 0.25) is 0 Å². The number of carbonyl (C=O) groups excluding carboxylic acids is 1. The molecule has 5 nitrogen and oxygen atoms in total. The second-order valence-electron chi connectivity index (χ2n) is 4.63. The van der Waals surface area contributed by atoms with Crippen molar-refractivity contribution in [3.63, 3.8) is 0 Å². The van der Waals surface area contributed by atoms with E-state index in [1.807, 2.05) is 27.7 Å². The van der Waals surface area contributed by atoms with Gasteiger partial charge < -0.3 is 16.4 Å². The fourth-order valence-electron chi connectivity index (χ4n) is 1.05. The topological polar surface area (TPSA) is 79.5 Å². The predicted octanol–water partition coefficient (Wildman–Crippen LogP) is 0.460. The number of amides is 1. The highest BCUT2D eigenvalue weighted by Crippen LogP contribution is 1.92. The van der Waals surface area contributed by atoms with E-state index in [1.165, 1.54) is 0 Å². The van der Waals surface area contributed by atoms with Crippen molar-refractivity contribution in [2.24, 2.45) is 16.6 Å². The molecule has 0 saturated carbocycles. The lowest BCUT2D eigenvalue weighted by Gasteiger charge is -2.13. The van der Waals surface area contributed by atoms with Crippen molar-refractivity contribution in [3.05, 3.63) is 0 Å². The molecule has 0 aliphatic carbocycles. The van der Waals surface area contributed by atoms with Crippen LogP contribution in [0.3, 0.4) is 0 Å². The van der Waals surface area contributed by atoms with E-state index in [-0.39, 0.29) is 11.9 Å². The molecule has 5 heteroatoms. The van der Waals surface area contributed by atoms with E-state index in [1.54, 1.807) is 6.92 Å². The maximum atomic E-state index is 11.6. The van der Waals surface area contributed by atoms with Crippen LogP contribution in [-0.4, -0.2) is 30.5 Å². The third-order valence-corrected chi connectivity index (χ3v) is 1.83. The zero-order chi connectivity index (χ0) is 12.7. The van der Waals surface area contributed by atoms with E-state index in [0.29, 0.717) is 18.4 Å². The zero-order valence-electron chi connectivity index (χ0n) is 10.9. The number of rotatable bonds is 5. The largest absolute Gasteiger partial charge is 0.370 e. The van der Waals surface area contributed by atoms with E-state index in [2.05, 4.69) is 15.6 Å². The molecule has 0 aliphatic heterocycles. The molecule has 0 spiro atoms. The van der Waals surface area contributed by atoms with Crippen molar-refractivity contribution in [2.45, 2.75) is 46.7 Å². The molecule has 0 heterocycles. The Morgan fingerprint density at radius 3 is 2.25 bits per heavy atom. The minimum atomic E-state index is -0.454. The first-order valence-corrected chi connectivity index (χ1v) is 5.70. The molecule has 0 bridgehead atoms. The van der Waals surface area contributed by atoms with Crippen molar-refractivity contribution in [2.75, 3.05) is 6.54 Å². The highest BCUT2D eigenvalue weighted by atomic mass is 16.2. The quantitative estimate of drug-likeness (QED) is 0.472. The van der Waals surface area contributed by atoms with Gasteiger partial charge in [-0.1, -0.05) is 13.8 Å². The Kier molecular flexibility index (Phi) is 6.53. The maximum absolute atomic E-state index is 11.6. The third kappa shape index (κ3) is 7.09. The maximum Gasteiger partial charge on any atom is 0.244 e. The SMILES string of the molecule is CC(C)CNC(=O)C(C)N=C(N)NC(C)C. The second kappa shape index (κ2) is 7.09.